The summed E-state index contributed by atoms with van der Waals surface area (Å²) in [5.41, 5.74) is 0.615. The van der Waals surface area contributed by atoms with Gasteiger partial charge in [0, 0.05) is 6.20 Å². The molecule has 100 valence electrons. The molecule has 0 amide bonds. The Balaban J connectivity index is 2.10. The Bertz CT molecular complexity index is 622. The third-order valence-corrected chi connectivity index (χ3v) is 3.76. The van der Waals surface area contributed by atoms with E-state index in [1.54, 1.807) is 16.5 Å². The van der Waals surface area contributed by atoms with Crippen LogP contribution in [0.15, 0.2) is 18.3 Å². The predicted molar refractivity (Wildman–Crippen MR) is 69.2 cm³/mol. The fourth-order valence-corrected chi connectivity index (χ4v) is 2.73. The molecule has 2 aromatic heterocycles. The Hall–Kier alpha value is -1.95. The molecule has 0 radical (unpaired) electrons. The molecule has 1 N–H and O–H groups in total. The van der Waals surface area contributed by atoms with Crippen molar-refractivity contribution in [3.8, 4) is 0 Å². The third-order valence-electron chi connectivity index (χ3n) is 3.76. The third kappa shape index (κ3) is 1.98. The Morgan fingerprint density at radius 3 is 3.00 bits per heavy atom. The number of nitrogens with zero attached hydrogens (tertiary/aromatic N) is 4. The van der Waals surface area contributed by atoms with Gasteiger partial charge in [-0.05, 0) is 38.6 Å². The lowest BCUT2D eigenvalue weighted by atomic mass is 10.0. The maximum atomic E-state index is 11.2. The van der Waals surface area contributed by atoms with Crippen LogP contribution < -0.4 is 0 Å². The summed E-state index contributed by atoms with van der Waals surface area (Å²) >= 11 is 0. The van der Waals surface area contributed by atoms with Crippen LogP contribution >= 0.6 is 0 Å². The minimum Gasteiger partial charge on any atom is -0.478 e. The Kier molecular flexibility index (Phi) is 2.94. The minimum absolute atomic E-state index is 0.194. The molecule has 6 nitrogen and oxygen atoms in total. The highest BCUT2D eigenvalue weighted by Crippen LogP contribution is 2.28. The first kappa shape index (κ1) is 12.1. The number of fused-ring (bicyclic) bond motifs is 1. The fourth-order valence-electron chi connectivity index (χ4n) is 2.73. The van der Waals surface area contributed by atoms with Crippen LogP contribution in [0.5, 0.6) is 0 Å². The van der Waals surface area contributed by atoms with E-state index >= 15 is 0 Å². The van der Waals surface area contributed by atoms with Gasteiger partial charge in [-0.15, -0.1) is 10.2 Å². The lowest BCUT2D eigenvalue weighted by Gasteiger charge is -2.31. The summed E-state index contributed by atoms with van der Waals surface area (Å²) in [6.45, 7) is 1.04. The summed E-state index contributed by atoms with van der Waals surface area (Å²) in [5, 5.41) is 17.4. The number of hydrogen-bond acceptors (Lipinski definition) is 4. The number of carboxylic acids is 1. The molecular weight excluding hydrogens is 244 g/mol. The van der Waals surface area contributed by atoms with Gasteiger partial charge in [0.1, 0.15) is 5.56 Å². The molecular formula is C13H16N4O2. The first-order valence-corrected chi connectivity index (χ1v) is 6.45. The summed E-state index contributed by atoms with van der Waals surface area (Å²) in [4.78, 5) is 13.4. The number of aromatic carboxylic acids is 1. The van der Waals surface area contributed by atoms with Gasteiger partial charge in [0.25, 0.3) is 0 Å². The van der Waals surface area contributed by atoms with Crippen molar-refractivity contribution in [2.75, 3.05) is 13.6 Å². The number of carbonyl (C=O) groups is 1. The van der Waals surface area contributed by atoms with Crippen molar-refractivity contribution in [1.29, 1.82) is 0 Å². The van der Waals surface area contributed by atoms with Crippen molar-refractivity contribution >= 4 is 11.6 Å². The molecule has 0 bridgehead atoms. The second kappa shape index (κ2) is 4.62. The Morgan fingerprint density at radius 1 is 1.42 bits per heavy atom. The first-order chi connectivity index (χ1) is 9.18. The first-order valence-electron chi connectivity index (χ1n) is 6.45. The van der Waals surface area contributed by atoms with E-state index in [4.69, 9.17) is 5.11 Å². The lowest BCUT2D eigenvalue weighted by Crippen LogP contribution is -2.30. The van der Waals surface area contributed by atoms with Crippen LogP contribution in [0.4, 0.5) is 0 Å². The Labute approximate surface area is 110 Å². The molecule has 1 fully saturated rings. The lowest BCUT2D eigenvalue weighted by molar-refractivity contribution is 0.0698. The highest BCUT2D eigenvalue weighted by Gasteiger charge is 2.26. The van der Waals surface area contributed by atoms with E-state index in [9.17, 15) is 4.79 Å². The van der Waals surface area contributed by atoms with Crippen molar-refractivity contribution < 1.29 is 9.90 Å². The molecule has 0 spiro atoms. The number of piperidine rings is 1. The van der Waals surface area contributed by atoms with E-state index in [0.29, 0.717) is 5.65 Å². The summed E-state index contributed by atoms with van der Waals surface area (Å²) < 4.78 is 1.80. The summed E-state index contributed by atoms with van der Waals surface area (Å²) in [6.07, 6.45) is 5.24. The van der Waals surface area contributed by atoms with Crippen molar-refractivity contribution in [2.24, 2.45) is 0 Å². The number of carboxylic acid groups (broad SMARTS) is 1. The predicted octanol–water partition coefficient (Wildman–Crippen LogP) is 1.58. The number of likely N-dealkylation sites (tertiary alicyclic amines) is 1. The maximum absolute atomic E-state index is 11.2. The van der Waals surface area contributed by atoms with Crippen molar-refractivity contribution in [3.05, 3.63) is 29.7 Å². The highest BCUT2D eigenvalue weighted by atomic mass is 16.4. The average Bonchev–Trinajstić information content (AvgIpc) is 2.82. The average molecular weight is 260 g/mol. The Morgan fingerprint density at radius 2 is 2.26 bits per heavy atom. The number of rotatable bonds is 2. The van der Waals surface area contributed by atoms with E-state index in [1.165, 1.54) is 12.8 Å². The molecule has 1 saturated heterocycles. The molecule has 1 aliphatic rings. The molecule has 3 rings (SSSR count). The minimum atomic E-state index is -0.971. The zero-order valence-electron chi connectivity index (χ0n) is 10.8. The zero-order chi connectivity index (χ0) is 13.4. The molecule has 0 aromatic carbocycles. The van der Waals surface area contributed by atoms with Gasteiger partial charge in [0.15, 0.2) is 11.5 Å². The fraction of sp³-hybridized carbons (Fsp3) is 0.462. The summed E-state index contributed by atoms with van der Waals surface area (Å²) in [7, 11) is 2.08. The zero-order valence-corrected chi connectivity index (χ0v) is 10.8. The van der Waals surface area contributed by atoms with Gasteiger partial charge in [-0.25, -0.2) is 4.79 Å². The number of hydrogen-bond donors (Lipinski definition) is 1. The smallest absolute Gasteiger partial charge is 0.339 e. The second-order valence-corrected chi connectivity index (χ2v) is 4.97. The summed E-state index contributed by atoms with van der Waals surface area (Å²) in [5.74, 6) is -0.137. The quantitative estimate of drug-likeness (QED) is 0.887. The molecule has 3 heterocycles. The van der Waals surface area contributed by atoms with Gasteiger partial charge in [0.05, 0.1) is 6.04 Å². The van der Waals surface area contributed by atoms with Crippen molar-refractivity contribution in [1.82, 2.24) is 19.5 Å². The van der Waals surface area contributed by atoms with Gasteiger partial charge in [-0.1, -0.05) is 6.42 Å². The van der Waals surface area contributed by atoms with Crippen LogP contribution in [-0.4, -0.2) is 44.2 Å². The molecule has 1 unspecified atom stereocenters. The normalized spacial score (nSPS) is 20.8. The van der Waals surface area contributed by atoms with Crippen LogP contribution in [0, 0.1) is 0 Å². The molecule has 2 aromatic rings. The van der Waals surface area contributed by atoms with E-state index < -0.39 is 5.97 Å². The monoisotopic (exact) mass is 260 g/mol. The molecule has 0 saturated carbocycles. The van der Waals surface area contributed by atoms with Gasteiger partial charge in [-0.3, -0.25) is 9.30 Å². The second-order valence-electron chi connectivity index (χ2n) is 4.97. The molecule has 6 heteroatoms. The molecule has 1 atom stereocenters. The topological polar surface area (TPSA) is 70.7 Å². The van der Waals surface area contributed by atoms with Gasteiger partial charge in [0.2, 0.25) is 0 Å². The largest absolute Gasteiger partial charge is 0.478 e. The summed E-state index contributed by atoms with van der Waals surface area (Å²) in [6, 6.07) is 3.50. The molecule has 19 heavy (non-hydrogen) atoms. The van der Waals surface area contributed by atoms with Crippen molar-refractivity contribution in [2.45, 2.75) is 25.3 Å². The van der Waals surface area contributed by atoms with Crippen LogP contribution in [0.3, 0.4) is 0 Å². The van der Waals surface area contributed by atoms with Gasteiger partial charge < -0.3 is 5.11 Å². The van der Waals surface area contributed by atoms with Crippen LogP contribution in [0.25, 0.3) is 5.65 Å². The van der Waals surface area contributed by atoms with E-state index in [1.807, 2.05) is 6.20 Å². The highest BCUT2D eigenvalue weighted by molar-refractivity contribution is 5.94. The van der Waals surface area contributed by atoms with Gasteiger partial charge in [-0.2, -0.15) is 0 Å². The van der Waals surface area contributed by atoms with E-state index in [0.717, 1.165) is 18.8 Å². The van der Waals surface area contributed by atoms with Crippen LogP contribution in [0.2, 0.25) is 0 Å². The van der Waals surface area contributed by atoms with Gasteiger partial charge >= 0.3 is 5.97 Å². The molecule has 0 aliphatic carbocycles. The number of aromatic nitrogens is 3. The SMILES string of the molecule is CN1CCCCC1c1nnc2c(C(=O)O)cccn12. The van der Waals surface area contributed by atoms with Crippen LogP contribution in [0.1, 0.15) is 41.5 Å². The maximum Gasteiger partial charge on any atom is 0.339 e. The van der Waals surface area contributed by atoms with Crippen LogP contribution in [-0.2, 0) is 0 Å². The van der Waals surface area contributed by atoms with E-state index in [2.05, 4.69) is 22.1 Å². The number of pyridine rings is 1. The van der Waals surface area contributed by atoms with E-state index in [-0.39, 0.29) is 11.6 Å². The molecule has 1 aliphatic heterocycles. The van der Waals surface area contributed by atoms with Crippen molar-refractivity contribution in [3.63, 3.8) is 0 Å². The standard InChI is InChI=1S/C13H16N4O2/c1-16-7-3-2-6-10(16)12-15-14-11-9(13(18)19)5-4-8-17(11)12/h4-5,8,10H,2-3,6-7H2,1H3,(H,18,19).